The minimum atomic E-state index is -0.696. The number of carbonyl (C=O) groups is 2. The largest absolute Gasteiger partial charge is 0.300 e. The van der Waals surface area contributed by atoms with Gasteiger partial charge in [-0.25, -0.2) is 0 Å². The summed E-state index contributed by atoms with van der Waals surface area (Å²) in [6, 6.07) is 0. The number of nitrogens with one attached hydrogen (secondary N) is 1. The fourth-order valence-electron chi connectivity index (χ4n) is 1.78. The van der Waals surface area contributed by atoms with Gasteiger partial charge in [-0.05, 0) is 27.7 Å². The lowest BCUT2D eigenvalue weighted by Crippen LogP contribution is -2.63. The van der Waals surface area contributed by atoms with Crippen molar-refractivity contribution < 1.29 is 9.59 Å². The van der Waals surface area contributed by atoms with Crippen LogP contribution in [0.2, 0.25) is 0 Å². The Balaban J connectivity index is 2.95. The van der Waals surface area contributed by atoms with Crippen LogP contribution in [0.3, 0.4) is 0 Å². The Hall–Kier alpha value is -0.700. The van der Waals surface area contributed by atoms with E-state index in [9.17, 15) is 9.59 Å². The lowest BCUT2D eigenvalue weighted by atomic mass is 9.81. The number of ketones is 2. The Morgan fingerprint density at radius 3 is 2.08 bits per heavy atom. The lowest BCUT2D eigenvalue weighted by molar-refractivity contribution is -0.144. The van der Waals surface area contributed by atoms with E-state index in [1.54, 1.807) is 13.8 Å². The van der Waals surface area contributed by atoms with Gasteiger partial charge in [0.2, 0.25) is 11.6 Å². The van der Waals surface area contributed by atoms with Crippen molar-refractivity contribution in [3.05, 3.63) is 0 Å². The van der Waals surface area contributed by atoms with Crippen LogP contribution in [0.1, 0.15) is 34.1 Å². The average Bonchev–Trinajstić information content (AvgIpc) is 1.79. The van der Waals surface area contributed by atoms with Crippen molar-refractivity contribution in [2.75, 3.05) is 0 Å². The molecule has 3 nitrogen and oxygen atoms in total. The second kappa shape index (κ2) is 2.39. The first-order valence-electron chi connectivity index (χ1n) is 4.12. The highest BCUT2D eigenvalue weighted by molar-refractivity contribution is 6.41. The smallest absolute Gasteiger partial charge is 0.217 e. The molecule has 1 fully saturated rings. The molecule has 1 N–H and O–H groups in total. The summed E-state index contributed by atoms with van der Waals surface area (Å²) in [5.74, 6) is -0.564. The zero-order chi connectivity index (χ0) is 9.57. The predicted molar refractivity (Wildman–Crippen MR) is 45.9 cm³/mol. The number of piperidine rings is 1. The van der Waals surface area contributed by atoms with Crippen molar-refractivity contribution in [3.8, 4) is 0 Å². The first-order chi connectivity index (χ1) is 5.25. The van der Waals surface area contributed by atoms with Crippen LogP contribution in [0.15, 0.2) is 0 Å². The summed E-state index contributed by atoms with van der Waals surface area (Å²) in [7, 11) is 0. The highest BCUT2D eigenvalue weighted by atomic mass is 16.2. The van der Waals surface area contributed by atoms with Crippen molar-refractivity contribution >= 4 is 11.6 Å². The topological polar surface area (TPSA) is 46.2 Å². The summed E-state index contributed by atoms with van der Waals surface area (Å²) in [6.45, 7) is 7.35. The monoisotopic (exact) mass is 169 g/mol. The minimum absolute atomic E-state index is 0.255. The predicted octanol–water partition coefficient (Wildman–Crippen LogP) is 0.675. The van der Waals surface area contributed by atoms with Crippen LogP contribution in [0.5, 0.6) is 0 Å². The molecule has 1 heterocycles. The van der Waals surface area contributed by atoms with E-state index in [1.807, 2.05) is 13.8 Å². The molecule has 0 aromatic heterocycles. The van der Waals surface area contributed by atoms with Crippen molar-refractivity contribution in [2.24, 2.45) is 0 Å². The van der Waals surface area contributed by atoms with Gasteiger partial charge in [-0.2, -0.15) is 0 Å². The van der Waals surface area contributed by atoms with Crippen molar-refractivity contribution in [1.29, 1.82) is 0 Å². The number of carbonyl (C=O) groups excluding carboxylic acids is 2. The maximum atomic E-state index is 11.3. The molecule has 0 amide bonds. The van der Waals surface area contributed by atoms with Gasteiger partial charge in [0.1, 0.15) is 0 Å². The van der Waals surface area contributed by atoms with E-state index in [0.29, 0.717) is 6.42 Å². The molecule has 1 saturated heterocycles. The normalized spacial score (nSPS) is 27.3. The summed E-state index contributed by atoms with van der Waals surface area (Å²) in [6.07, 6.45) is 0.301. The third-order valence-electron chi connectivity index (χ3n) is 2.07. The van der Waals surface area contributed by atoms with Crippen LogP contribution in [0.4, 0.5) is 0 Å². The molecule has 3 heteroatoms. The van der Waals surface area contributed by atoms with E-state index >= 15 is 0 Å². The minimum Gasteiger partial charge on any atom is -0.300 e. The van der Waals surface area contributed by atoms with Gasteiger partial charge in [-0.15, -0.1) is 0 Å². The first-order valence-corrected chi connectivity index (χ1v) is 4.12. The van der Waals surface area contributed by atoms with Gasteiger partial charge in [-0.3, -0.25) is 14.9 Å². The lowest BCUT2D eigenvalue weighted by Gasteiger charge is -2.39. The van der Waals surface area contributed by atoms with Crippen LogP contribution in [0.25, 0.3) is 0 Å². The SMILES string of the molecule is CC1(C)CC(=O)C(=O)C(C)(C)N1. The first kappa shape index (κ1) is 9.39. The maximum absolute atomic E-state index is 11.3. The van der Waals surface area contributed by atoms with Crippen LogP contribution in [-0.4, -0.2) is 22.6 Å². The van der Waals surface area contributed by atoms with E-state index in [0.717, 1.165) is 0 Å². The summed E-state index contributed by atoms with van der Waals surface area (Å²) in [5.41, 5.74) is -0.951. The van der Waals surface area contributed by atoms with Gasteiger partial charge in [-0.1, -0.05) is 0 Å². The zero-order valence-corrected chi connectivity index (χ0v) is 8.02. The molecule has 12 heavy (non-hydrogen) atoms. The van der Waals surface area contributed by atoms with Gasteiger partial charge in [0, 0.05) is 12.0 Å². The second-order valence-corrected chi connectivity index (χ2v) is 4.56. The molecule has 1 aliphatic heterocycles. The Kier molecular flexibility index (Phi) is 1.87. The molecule has 0 aliphatic carbocycles. The molecule has 0 bridgehead atoms. The standard InChI is InChI=1S/C9H15NO2/c1-8(2)5-6(11)7(12)9(3,4)10-8/h10H,5H2,1-4H3. The number of hydrogen-bond donors (Lipinski definition) is 1. The Morgan fingerprint density at radius 1 is 1.17 bits per heavy atom. The molecule has 1 rings (SSSR count). The van der Waals surface area contributed by atoms with E-state index < -0.39 is 5.54 Å². The van der Waals surface area contributed by atoms with Crippen LogP contribution >= 0.6 is 0 Å². The van der Waals surface area contributed by atoms with Crippen molar-refractivity contribution in [1.82, 2.24) is 5.32 Å². The molecular formula is C9H15NO2. The summed E-state index contributed by atoms with van der Waals surface area (Å²) < 4.78 is 0. The maximum Gasteiger partial charge on any atom is 0.217 e. The number of hydrogen-bond acceptors (Lipinski definition) is 3. The molecule has 0 unspecified atom stereocenters. The highest BCUT2D eigenvalue weighted by Crippen LogP contribution is 2.22. The molecule has 0 aromatic carbocycles. The Bertz CT molecular complexity index is 241. The van der Waals surface area contributed by atoms with E-state index in [4.69, 9.17) is 0 Å². The fraction of sp³-hybridized carbons (Fsp3) is 0.778. The molecule has 0 saturated carbocycles. The van der Waals surface area contributed by atoms with Gasteiger partial charge in [0.05, 0.1) is 5.54 Å². The molecular weight excluding hydrogens is 154 g/mol. The average molecular weight is 169 g/mol. The van der Waals surface area contributed by atoms with E-state index in [1.165, 1.54) is 0 Å². The van der Waals surface area contributed by atoms with Gasteiger partial charge in [0.25, 0.3) is 0 Å². The van der Waals surface area contributed by atoms with Crippen LogP contribution in [0, 0.1) is 0 Å². The summed E-state index contributed by atoms with van der Waals surface area (Å²) >= 11 is 0. The van der Waals surface area contributed by atoms with Crippen molar-refractivity contribution in [3.63, 3.8) is 0 Å². The molecule has 68 valence electrons. The van der Waals surface area contributed by atoms with Crippen molar-refractivity contribution in [2.45, 2.75) is 45.2 Å². The Morgan fingerprint density at radius 2 is 1.67 bits per heavy atom. The van der Waals surface area contributed by atoms with E-state index in [-0.39, 0.29) is 17.1 Å². The third-order valence-corrected chi connectivity index (χ3v) is 2.07. The summed E-state index contributed by atoms with van der Waals surface area (Å²) in [4.78, 5) is 22.6. The molecule has 0 atom stereocenters. The number of rotatable bonds is 0. The molecule has 0 aromatic rings. The van der Waals surface area contributed by atoms with Crippen LogP contribution < -0.4 is 5.32 Å². The molecule has 0 radical (unpaired) electrons. The van der Waals surface area contributed by atoms with Gasteiger partial charge < -0.3 is 0 Å². The number of Topliss-reactive ketones (excluding diaryl/α,β-unsaturated/α-hetero) is 2. The third kappa shape index (κ3) is 1.55. The van der Waals surface area contributed by atoms with Gasteiger partial charge in [0.15, 0.2) is 0 Å². The molecule has 1 aliphatic rings. The second-order valence-electron chi connectivity index (χ2n) is 4.56. The van der Waals surface area contributed by atoms with Gasteiger partial charge >= 0.3 is 0 Å². The quantitative estimate of drug-likeness (QED) is 0.542. The fourth-order valence-corrected chi connectivity index (χ4v) is 1.78. The summed E-state index contributed by atoms with van der Waals surface area (Å²) in [5, 5.41) is 3.14. The zero-order valence-electron chi connectivity index (χ0n) is 8.02. The van der Waals surface area contributed by atoms with Crippen LogP contribution in [-0.2, 0) is 9.59 Å². The van der Waals surface area contributed by atoms with E-state index in [2.05, 4.69) is 5.32 Å². The highest BCUT2D eigenvalue weighted by Gasteiger charge is 2.43. The Labute approximate surface area is 72.5 Å². The molecule has 0 spiro atoms.